The van der Waals surface area contributed by atoms with Crippen LogP contribution in [0.25, 0.3) is 61.1 Å². The van der Waals surface area contributed by atoms with Gasteiger partial charge in [-0.05, 0) is 29.8 Å². The Morgan fingerprint density at radius 3 is 1.32 bits per heavy atom. The van der Waals surface area contributed by atoms with Gasteiger partial charge in [-0.3, -0.25) is 0 Å². The van der Waals surface area contributed by atoms with E-state index in [2.05, 4.69) is 0 Å². The first kappa shape index (κ1) is 24.8. The highest BCUT2D eigenvalue weighted by molar-refractivity contribution is 6.09. The molecule has 41 heavy (non-hydrogen) atoms. The van der Waals surface area contributed by atoms with Gasteiger partial charge in [0.05, 0.1) is 28.0 Å². The van der Waals surface area contributed by atoms with Gasteiger partial charge in [0.15, 0.2) is 23.3 Å². The van der Waals surface area contributed by atoms with Crippen LogP contribution >= 0.6 is 0 Å². The zero-order valence-electron chi connectivity index (χ0n) is 21.5. The summed E-state index contributed by atoms with van der Waals surface area (Å²) in [5.74, 6) is -5.93. The summed E-state index contributed by atoms with van der Waals surface area (Å²) >= 11 is 0. The van der Waals surface area contributed by atoms with Crippen molar-refractivity contribution in [3.05, 3.63) is 145 Å². The molecule has 0 amide bonds. The zero-order chi connectivity index (χ0) is 28.1. The SMILES string of the molecule is Fc1c(F)c(-n2c3ccccc3c3ccccc32)c(F)c(F)c1-c1cc(-c2ccccc2)nc(-c2ccccc2)c1. The number of halogens is 4. The summed E-state index contributed by atoms with van der Waals surface area (Å²) in [7, 11) is 0. The van der Waals surface area contributed by atoms with Crippen LogP contribution in [0.5, 0.6) is 0 Å². The van der Waals surface area contributed by atoms with E-state index in [9.17, 15) is 0 Å². The van der Waals surface area contributed by atoms with E-state index in [1.54, 1.807) is 72.8 Å². The highest BCUT2D eigenvalue weighted by Crippen LogP contribution is 2.40. The summed E-state index contributed by atoms with van der Waals surface area (Å²) in [6.07, 6.45) is 0. The van der Waals surface area contributed by atoms with Crippen LogP contribution in [-0.2, 0) is 0 Å². The molecule has 2 aromatic heterocycles. The summed E-state index contributed by atoms with van der Waals surface area (Å²) in [4.78, 5) is 4.69. The van der Waals surface area contributed by atoms with Crippen molar-refractivity contribution in [2.45, 2.75) is 0 Å². The number of hydrogen-bond acceptors (Lipinski definition) is 1. The molecule has 0 fully saturated rings. The molecule has 0 unspecified atom stereocenters. The first-order chi connectivity index (χ1) is 20.0. The van der Waals surface area contributed by atoms with Gasteiger partial charge in [0.2, 0.25) is 0 Å². The minimum atomic E-state index is -1.48. The van der Waals surface area contributed by atoms with Crippen LogP contribution < -0.4 is 0 Å². The van der Waals surface area contributed by atoms with Crippen LogP contribution in [0.2, 0.25) is 0 Å². The lowest BCUT2D eigenvalue weighted by Gasteiger charge is -2.16. The van der Waals surface area contributed by atoms with E-state index < -0.39 is 34.5 Å². The van der Waals surface area contributed by atoms with Gasteiger partial charge in [-0.25, -0.2) is 22.5 Å². The number of hydrogen-bond donors (Lipinski definition) is 0. The molecule has 2 nitrogen and oxygen atoms in total. The third-order valence-electron chi connectivity index (χ3n) is 7.30. The normalized spacial score (nSPS) is 11.4. The van der Waals surface area contributed by atoms with Crippen molar-refractivity contribution in [3.63, 3.8) is 0 Å². The first-order valence-electron chi connectivity index (χ1n) is 13.0. The van der Waals surface area contributed by atoms with Gasteiger partial charge < -0.3 is 4.57 Å². The largest absolute Gasteiger partial charge is 0.304 e. The highest BCUT2D eigenvalue weighted by atomic mass is 19.2. The fraction of sp³-hybridized carbons (Fsp3) is 0. The minimum absolute atomic E-state index is 0.0284. The molecule has 0 bridgehead atoms. The van der Waals surface area contributed by atoms with Crippen LogP contribution in [0, 0.1) is 23.3 Å². The van der Waals surface area contributed by atoms with E-state index in [4.69, 9.17) is 4.98 Å². The van der Waals surface area contributed by atoms with Gasteiger partial charge in [-0.2, -0.15) is 0 Å². The Kier molecular flexibility index (Phi) is 5.89. The topological polar surface area (TPSA) is 17.8 Å². The Bertz CT molecular complexity index is 1940. The van der Waals surface area contributed by atoms with Gasteiger partial charge in [0.25, 0.3) is 0 Å². The van der Waals surface area contributed by atoms with Crippen LogP contribution in [-0.4, -0.2) is 9.55 Å². The molecule has 198 valence electrons. The predicted molar refractivity (Wildman–Crippen MR) is 155 cm³/mol. The van der Waals surface area contributed by atoms with E-state index in [0.29, 0.717) is 44.3 Å². The third-order valence-corrected chi connectivity index (χ3v) is 7.30. The molecule has 0 N–H and O–H groups in total. The summed E-state index contributed by atoms with van der Waals surface area (Å²) in [5, 5.41) is 1.42. The molecule has 7 aromatic rings. The lowest BCUT2D eigenvalue weighted by atomic mass is 9.98. The standard InChI is InChI=1S/C35H20F4N2/c36-31-30(23-19-26(21-11-3-1-4-12-21)40-27(20-23)22-13-5-2-6-14-22)32(37)34(39)35(33(31)38)41-28-17-9-7-15-24(28)25-16-8-10-18-29(25)41/h1-20H. The Labute approximate surface area is 232 Å². The molecule has 0 saturated carbocycles. The van der Waals surface area contributed by atoms with E-state index in [1.807, 2.05) is 36.4 Å². The molecule has 0 radical (unpaired) electrons. The first-order valence-corrected chi connectivity index (χ1v) is 13.0. The molecular formula is C35H20F4N2. The Morgan fingerprint density at radius 1 is 0.439 bits per heavy atom. The van der Waals surface area contributed by atoms with E-state index in [0.717, 1.165) is 0 Å². The van der Waals surface area contributed by atoms with Crippen LogP contribution in [0.1, 0.15) is 0 Å². The second kappa shape index (κ2) is 9.75. The van der Waals surface area contributed by atoms with Crippen LogP contribution in [0.15, 0.2) is 121 Å². The molecule has 0 aliphatic rings. The Hall–Kier alpha value is -5.23. The molecule has 6 heteroatoms. The molecule has 0 atom stereocenters. The van der Waals surface area contributed by atoms with Crippen molar-refractivity contribution in [2.75, 3.05) is 0 Å². The molecule has 2 heterocycles. The number of benzene rings is 5. The molecule has 0 aliphatic heterocycles. The number of pyridine rings is 1. The Balaban J connectivity index is 1.51. The number of fused-ring (bicyclic) bond motifs is 3. The fourth-order valence-electron chi connectivity index (χ4n) is 5.42. The lowest BCUT2D eigenvalue weighted by Crippen LogP contribution is -2.09. The maximum absolute atomic E-state index is 16.0. The van der Waals surface area contributed by atoms with Crippen molar-refractivity contribution >= 4 is 21.8 Å². The van der Waals surface area contributed by atoms with Gasteiger partial charge in [0, 0.05) is 21.9 Å². The minimum Gasteiger partial charge on any atom is -0.304 e. The molecule has 5 aromatic carbocycles. The highest BCUT2D eigenvalue weighted by Gasteiger charge is 2.30. The fourth-order valence-corrected chi connectivity index (χ4v) is 5.42. The van der Waals surface area contributed by atoms with Crippen molar-refractivity contribution in [2.24, 2.45) is 0 Å². The number of aromatic nitrogens is 2. The molecular weight excluding hydrogens is 524 g/mol. The second-order valence-electron chi connectivity index (χ2n) is 9.71. The van der Waals surface area contributed by atoms with Gasteiger partial charge in [-0.15, -0.1) is 0 Å². The van der Waals surface area contributed by atoms with E-state index in [-0.39, 0.29) is 5.56 Å². The molecule has 0 spiro atoms. The summed E-state index contributed by atoms with van der Waals surface area (Å²) in [6.45, 7) is 0. The smallest absolute Gasteiger partial charge is 0.186 e. The van der Waals surface area contributed by atoms with Gasteiger partial charge >= 0.3 is 0 Å². The van der Waals surface area contributed by atoms with Crippen molar-refractivity contribution in [3.8, 4) is 39.3 Å². The van der Waals surface area contributed by atoms with E-state index >= 15 is 17.6 Å². The second-order valence-corrected chi connectivity index (χ2v) is 9.71. The van der Waals surface area contributed by atoms with Gasteiger partial charge in [0.1, 0.15) is 5.69 Å². The third kappa shape index (κ3) is 3.99. The lowest BCUT2D eigenvalue weighted by molar-refractivity contribution is 0.454. The van der Waals surface area contributed by atoms with Crippen molar-refractivity contribution in [1.82, 2.24) is 9.55 Å². The number of para-hydroxylation sites is 2. The monoisotopic (exact) mass is 544 g/mol. The number of rotatable bonds is 4. The van der Waals surface area contributed by atoms with Crippen molar-refractivity contribution in [1.29, 1.82) is 0 Å². The molecule has 0 saturated heterocycles. The summed E-state index contributed by atoms with van der Waals surface area (Å²) < 4.78 is 65.4. The molecule has 7 rings (SSSR count). The summed E-state index contributed by atoms with van der Waals surface area (Å²) in [5.41, 5.74) is 1.44. The van der Waals surface area contributed by atoms with Crippen molar-refractivity contribution < 1.29 is 17.6 Å². The molecule has 0 aliphatic carbocycles. The predicted octanol–water partition coefficient (Wildman–Crippen LogP) is 9.74. The zero-order valence-corrected chi connectivity index (χ0v) is 21.5. The van der Waals surface area contributed by atoms with E-state index in [1.165, 1.54) is 16.7 Å². The van der Waals surface area contributed by atoms with Crippen LogP contribution in [0.3, 0.4) is 0 Å². The quantitative estimate of drug-likeness (QED) is 0.159. The average Bonchev–Trinajstić information content (AvgIpc) is 3.35. The summed E-state index contributed by atoms with van der Waals surface area (Å²) in [6, 6.07) is 35.0. The van der Waals surface area contributed by atoms with Gasteiger partial charge in [-0.1, -0.05) is 97.1 Å². The number of nitrogens with zero attached hydrogens (tertiary/aromatic N) is 2. The maximum atomic E-state index is 16.0. The maximum Gasteiger partial charge on any atom is 0.186 e. The Morgan fingerprint density at radius 2 is 0.854 bits per heavy atom. The van der Waals surface area contributed by atoms with Crippen LogP contribution in [0.4, 0.5) is 17.6 Å². The average molecular weight is 545 g/mol.